The van der Waals surface area contributed by atoms with Gasteiger partial charge in [-0.15, -0.1) is 0 Å². The highest BCUT2D eigenvalue weighted by Crippen LogP contribution is 2.28. The highest BCUT2D eigenvalue weighted by Gasteiger charge is 2.15. The molecule has 0 radical (unpaired) electrons. The molecule has 0 unspecified atom stereocenters. The van der Waals surface area contributed by atoms with Crippen molar-refractivity contribution in [3.05, 3.63) is 35.5 Å². The van der Waals surface area contributed by atoms with Crippen LogP contribution in [0.4, 0.5) is 5.69 Å². The molecule has 2 aromatic rings. The van der Waals surface area contributed by atoms with Gasteiger partial charge in [-0.25, -0.2) is 0 Å². The summed E-state index contributed by atoms with van der Waals surface area (Å²) in [7, 11) is 0. The first kappa shape index (κ1) is 10.8. The molecule has 1 aromatic heterocycles. The van der Waals surface area contributed by atoms with Crippen molar-refractivity contribution in [3.63, 3.8) is 0 Å². The number of hydrogen-bond donors (Lipinski definition) is 1. The molecular formula is C14H15ClN2. The van der Waals surface area contributed by atoms with Crippen LogP contribution in [-0.4, -0.2) is 11.0 Å². The number of hydrogen-bond acceptors (Lipinski definition) is 2. The van der Waals surface area contributed by atoms with Crippen LogP contribution in [0.3, 0.4) is 0 Å². The molecule has 1 aromatic carbocycles. The zero-order valence-electron chi connectivity index (χ0n) is 9.62. The standard InChI is InChI=1S/C14H15ClN2/c15-10-5-6-12-13(7-8-16-14(12)9-10)17-11-3-1-2-4-11/h5-9,11H,1-4H2,(H,16,17). The first-order chi connectivity index (χ1) is 8.33. The molecule has 1 aliphatic carbocycles. The van der Waals surface area contributed by atoms with E-state index in [0.717, 1.165) is 15.9 Å². The summed E-state index contributed by atoms with van der Waals surface area (Å²) in [5.41, 5.74) is 2.14. The Hall–Kier alpha value is -1.28. The van der Waals surface area contributed by atoms with Gasteiger partial charge in [0.05, 0.1) is 5.52 Å². The second-order valence-electron chi connectivity index (χ2n) is 4.65. The first-order valence-corrected chi connectivity index (χ1v) is 6.51. The summed E-state index contributed by atoms with van der Waals surface area (Å²) in [6.07, 6.45) is 7.07. The van der Waals surface area contributed by atoms with E-state index in [9.17, 15) is 0 Å². The van der Waals surface area contributed by atoms with Crippen molar-refractivity contribution in [2.75, 3.05) is 5.32 Å². The predicted molar refractivity (Wildman–Crippen MR) is 72.6 cm³/mol. The number of nitrogens with zero attached hydrogens (tertiary/aromatic N) is 1. The zero-order chi connectivity index (χ0) is 11.7. The Labute approximate surface area is 106 Å². The maximum Gasteiger partial charge on any atom is 0.0737 e. The molecule has 3 heteroatoms. The van der Waals surface area contributed by atoms with Gasteiger partial charge >= 0.3 is 0 Å². The van der Waals surface area contributed by atoms with Crippen molar-refractivity contribution in [3.8, 4) is 0 Å². The summed E-state index contributed by atoms with van der Waals surface area (Å²) in [6.45, 7) is 0. The van der Waals surface area contributed by atoms with Gasteiger partial charge in [-0.2, -0.15) is 0 Å². The lowest BCUT2D eigenvalue weighted by Crippen LogP contribution is -2.14. The summed E-state index contributed by atoms with van der Waals surface area (Å²) >= 11 is 5.98. The van der Waals surface area contributed by atoms with E-state index in [1.807, 2.05) is 24.4 Å². The second kappa shape index (κ2) is 4.53. The fraction of sp³-hybridized carbons (Fsp3) is 0.357. The Morgan fingerprint density at radius 3 is 2.82 bits per heavy atom. The third-order valence-corrected chi connectivity index (χ3v) is 3.65. The highest BCUT2D eigenvalue weighted by atomic mass is 35.5. The van der Waals surface area contributed by atoms with Crippen molar-refractivity contribution in [1.29, 1.82) is 0 Å². The fourth-order valence-electron chi connectivity index (χ4n) is 2.54. The zero-order valence-corrected chi connectivity index (χ0v) is 10.4. The van der Waals surface area contributed by atoms with E-state index in [-0.39, 0.29) is 0 Å². The van der Waals surface area contributed by atoms with Gasteiger partial charge in [0.1, 0.15) is 0 Å². The van der Waals surface area contributed by atoms with Crippen LogP contribution in [-0.2, 0) is 0 Å². The quantitative estimate of drug-likeness (QED) is 0.857. The summed E-state index contributed by atoms with van der Waals surface area (Å²) in [4.78, 5) is 4.35. The Balaban J connectivity index is 1.97. The molecule has 1 aliphatic rings. The van der Waals surface area contributed by atoms with Gasteiger partial charge in [0.15, 0.2) is 0 Å². The summed E-state index contributed by atoms with van der Waals surface area (Å²) in [5.74, 6) is 0. The molecule has 0 atom stereocenters. The molecule has 88 valence electrons. The van der Waals surface area contributed by atoms with Gasteiger partial charge in [-0.05, 0) is 37.1 Å². The normalized spacial score (nSPS) is 16.5. The van der Waals surface area contributed by atoms with E-state index in [4.69, 9.17) is 11.6 Å². The minimum atomic E-state index is 0.622. The van der Waals surface area contributed by atoms with E-state index in [0.29, 0.717) is 6.04 Å². The third-order valence-electron chi connectivity index (χ3n) is 3.42. The molecule has 17 heavy (non-hydrogen) atoms. The average molecular weight is 247 g/mol. The van der Waals surface area contributed by atoms with Crippen LogP contribution in [0.25, 0.3) is 10.9 Å². The number of rotatable bonds is 2. The van der Waals surface area contributed by atoms with Gasteiger partial charge in [-0.1, -0.05) is 24.4 Å². The third kappa shape index (κ3) is 2.22. The number of halogens is 1. The monoisotopic (exact) mass is 246 g/mol. The molecule has 1 saturated carbocycles. The molecule has 0 bridgehead atoms. The Morgan fingerprint density at radius 2 is 2.00 bits per heavy atom. The van der Waals surface area contributed by atoms with E-state index in [1.165, 1.54) is 31.4 Å². The van der Waals surface area contributed by atoms with Crippen LogP contribution in [0.1, 0.15) is 25.7 Å². The Kier molecular flexibility index (Phi) is 2.89. The van der Waals surface area contributed by atoms with Crippen LogP contribution in [0.15, 0.2) is 30.5 Å². The smallest absolute Gasteiger partial charge is 0.0737 e. The van der Waals surface area contributed by atoms with Crippen LogP contribution in [0.5, 0.6) is 0 Å². The highest BCUT2D eigenvalue weighted by molar-refractivity contribution is 6.31. The van der Waals surface area contributed by atoms with E-state index < -0.39 is 0 Å². The van der Waals surface area contributed by atoms with Crippen molar-refractivity contribution >= 4 is 28.2 Å². The molecule has 0 spiro atoms. The van der Waals surface area contributed by atoms with Gasteiger partial charge in [-0.3, -0.25) is 4.98 Å². The van der Waals surface area contributed by atoms with Crippen molar-refractivity contribution in [2.24, 2.45) is 0 Å². The molecule has 1 fully saturated rings. The van der Waals surface area contributed by atoms with E-state index >= 15 is 0 Å². The van der Waals surface area contributed by atoms with E-state index in [2.05, 4.69) is 16.4 Å². The lowest BCUT2D eigenvalue weighted by Gasteiger charge is -2.15. The van der Waals surface area contributed by atoms with Crippen LogP contribution in [0.2, 0.25) is 5.02 Å². The number of nitrogens with one attached hydrogen (secondary N) is 1. The molecule has 3 rings (SSSR count). The van der Waals surface area contributed by atoms with Crippen molar-refractivity contribution < 1.29 is 0 Å². The molecule has 1 heterocycles. The maximum atomic E-state index is 5.98. The molecule has 0 saturated heterocycles. The molecule has 2 nitrogen and oxygen atoms in total. The first-order valence-electron chi connectivity index (χ1n) is 6.14. The SMILES string of the molecule is Clc1ccc2c(NC3CCCC3)ccnc2c1. The van der Waals surface area contributed by atoms with Gasteiger partial charge in [0, 0.05) is 28.3 Å². The minimum Gasteiger partial charge on any atom is -0.382 e. The van der Waals surface area contributed by atoms with Crippen LogP contribution >= 0.6 is 11.6 Å². The summed E-state index contributed by atoms with van der Waals surface area (Å²) < 4.78 is 0. The Bertz CT molecular complexity index is 533. The topological polar surface area (TPSA) is 24.9 Å². The van der Waals surface area contributed by atoms with Crippen molar-refractivity contribution in [2.45, 2.75) is 31.7 Å². The molecular weight excluding hydrogens is 232 g/mol. The molecule has 1 N–H and O–H groups in total. The van der Waals surface area contributed by atoms with Crippen LogP contribution in [0, 0.1) is 0 Å². The minimum absolute atomic E-state index is 0.622. The predicted octanol–water partition coefficient (Wildman–Crippen LogP) is 4.24. The molecule has 0 amide bonds. The largest absolute Gasteiger partial charge is 0.382 e. The number of aromatic nitrogens is 1. The Morgan fingerprint density at radius 1 is 1.18 bits per heavy atom. The number of fused-ring (bicyclic) bond motifs is 1. The molecule has 0 aliphatic heterocycles. The van der Waals surface area contributed by atoms with Gasteiger partial charge in [0.2, 0.25) is 0 Å². The lowest BCUT2D eigenvalue weighted by atomic mass is 10.1. The number of benzene rings is 1. The number of anilines is 1. The van der Waals surface area contributed by atoms with Crippen molar-refractivity contribution in [1.82, 2.24) is 4.98 Å². The maximum absolute atomic E-state index is 5.98. The van der Waals surface area contributed by atoms with Gasteiger partial charge in [0.25, 0.3) is 0 Å². The number of pyridine rings is 1. The fourth-order valence-corrected chi connectivity index (χ4v) is 2.70. The van der Waals surface area contributed by atoms with E-state index in [1.54, 1.807) is 0 Å². The summed E-state index contributed by atoms with van der Waals surface area (Å²) in [5, 5.41) is 5.52. The van der Waals surface area contributed by atoms with Gasteiger partial charge < -0.3 is 5.32 Å². The summed E-state index contributed by atoms with van der Waals surface area (Å²) in [6, 6.07) is 8.55. The average Bonchev–Trinajstić information content (AvgIpc) is 2.82. The van der Waals surface area contributed by atoms with Crippen LogP contribution < -0.4 is 5.32 Å². The second-order valence-corrected chi connectivity index (χ2v) is 5.08. The lowest BCUT2D eigenvalue weighted by molar-refractivity contribution is 0.756.